The molecule has 2 aromatic heterocycles. The zero-order valence-electron chi connectivity index (χ0n) is 12.6. The van der Waals surface area contributed by atoms with E-state index in [2.05, 4.69) is 21.9 Å². The fourth-order valence-corrected chi connectivity index (χ4v) is 4.57. The molecule has 0 aromatic carbocycles. The number of hydrogen-bond acceptors (Lipinski definition) is 5. The number of aromatic amines is 1. The molecular formula is C15H20N4OS2. The first-order valence-corrected chi connectivity index (χ1v) is 9.45. The van der Waals surface area contributed by atoms with E-state index in [1.165, 1.54) is 35.0 Å². The molecule has 0 aliphatic heterocycles. The second-order valence-electron chi connectivity index (χ2n) is 5.41. The molecule has 3 N–H and O–H groups in total. The van der Waals surface area contributed by atoms with Gasteiger partial charge in [0.05, 0.1) is 11.1 Å². The van der Waals surface area contributed by atoms with Crippen molar-refractivity contribution in [3.63, 3.8) is 0 Å². The maximum Gasteiger partial charge on any atom is 0.259 e. The highest BCUT2D eigenvalue weighted by atomic mass is 32.2. The van der Waals surface area contributed by atoms with Crippen molar-refractivity contribution < 1.29 is 0 Å². The minimum atomic E-state index is -0.0101. The molecule has 0 unspecified atom stereocenters. The van der Waals surface area contributed by atoms with Crippen LogP contribution in [0.15, 0.2) is 9.79 Å². The lowest BCUT2D eigenvalue weighted by Crippen LogP contribution is -2.14. The van der Waals surface area contributed by atoms with E-state index >= 15 is 0 Å². The van der Waals surface area contributed by atoms with E-state index in [0.717, 1.165) is 36.0 Å². The summed E-state index contributed by atoms with van der Waals surface area (Å²) in [6, 6.07) is 0. The summed E-state index contributed by atoms with van der Waals surface area (Å²) in [5.74, 6) is 1.23. The zero-order valence-corrected chi connectivity index (χ0v) is 14.3. The average Bonchev–Trinajstić information content (AvgIpc) is 2.89. The molecule has 0 bridgehead atoms. The van der Waals surface area contributed by atoms with Gasteiger partial charge >= 0.3 is 0 Å². The van der Waals surface area contributed by atoms with Crippen molar-refractivity contribution in [2.45, 2.75) is 44.8 Å². The molecule has 0 atom stereocenters. The third kappa shape index (κ3) is 3.20. The van der Waals surface area contributed by atoms with Gasteiger partial charge in [0.1, 0.15) is 10.7 Å². The van der Waals surface area contributed by atoms with Crippen molar-refractivity contribution in [1.29, 1.82) is 0 Å². The predicted octanol–water partition coefficient (Wildman–Crippen LogP) is 2.82. The number of aryl methyl sites for hydroxylation is 2. The van der Waals surface area contributed by atoms with Gasteiger partial charge in [-0.1, -0.05) is 18.7 Å². The Morgan fingerprint density at radius 2 is 2.27 bits per heavy atom. The Morgan fingerprint density at radius 3 is 3.09 bits per heavy atom. The number of H-pyrrole nitrogens is 1. The second kappa shape index (κ2) is 6.83. The van der Waals surface area contributed by atoms with Crippen molar-refractivity contribution in [3.05, 3.63) is 26.6 Å². The lowest BCUT2D eigenvalue weighted by Gasteiger charge is -2.09. The number of aromatic nitrogens is 2. The third-order valence-corrected chi connectivity index (χ3v) is 5.75. The highest BCUT2D eigenvalue weighted by Gasteiger charge is 2.19. The van der Waals surface area contributed by atoms with Crippen LogP contribution >= 0.6 is 23.1 Å². The molecule has 1 aliphatic rings. The molecule has 3 rings (SSSR count). The van der Waals surface area contributed by atoms with E-state index in [4.69, 9.17) is 5.73 Å². The quantitative estimate of drug-likeness (QED) is 0.664. The number of thioether (sulfide) groups is 1. The normalized spacial score (nSPS) is 15.2. The molecule has 7 heteroatoms. The fourth-order valence-electron chi connectivity index (χ4n) is 2.69. The number of nitrogens with one attached hydrogen (secondary N) is 1. The Hall–Kier alpha value is -1.34. The lowest BCUT2D eigenvalue weighted by atomic mass is 9.97. The summed E-state index contributed by atoms with van der Waals surface area (Å²) in [5, 5.41) is 1.36. The smallest absolute Gasteiger partial charge is 0.259 e. The third-order valence-electron chi connectivity index (χ3n) is 3.72. The summed E-state index contributed by atoms with van der Waals surface area (Å²) < 4.78 is 0. The Bertz CT molecular complexity index is 763. The van der Waals surface area contributed by atoms with Crippen LogP contribution in [-0.2, 0) is 18.6 Å². The minimum Gasteiger partial charge on any atom is -0.379 e. The van der Waals surface area contributed by atoms with Gasteiger partial charge in [0.2, 0.25) is 0 Å². The van der Waals surface area contributed by atoms with Gasteiger partial charge in [0.25, 0.3) is 5.56 Å². The first-order valence-electron chi connectivity index (χ1n) is 7.65. The first-order chi connectivity index (χ1) is 10.7. The Kier molecular flexibility index (Phi) is 4.83. The molecule has 0 saturated heterocycles. The van der Waals surface area contributed by atoms with Gasteiger partial charge in [0, 0.05) is 11.4 Å². The van der Waals surface area contributed by atoms with Crippen LogP contribution in [0.1, 0.15) is 42.5 Å². The van der Waals surface area contributed by atoms with Gasteiger partial charge in [0.15, 0.2) is 5.17 Å². The fraction of sp³-hybridized carbons (Fsp3) is 0.533. The van der Waals surface area contributed by atoms with Crippen LogP contribution in [0.5, 0.6) is 0 Å². The average molecular weight is 336 g/mol. The summed E-state index contributed by atoms with van der Waals surface area (Å²) in [7, 11) is 0. The van der Waals surface area contributed by atoms with E-state index in [-0.39, 0.29) is 5.56 Å². The maximum absolute atomic E-state index is 12.4. The van der Waals surface area contributed by atoms with Crippen molar-refractivity contribution in [2.24, 2.45) is 10.7 Å². The van der Waals surface area contributed by atoms with Gasteiger partial charge in [-0.2, -0.15) is 0 Å². The number of rotatable bonds is 4. The second-order valence-corrected chi connectivity index (χ2v) is 7.49. The predicted molar refractivity (Wildman–Crippen MR) is 95.0 cm³/mol. The maximum atomic E-state index is 12.4. The Balaban J connectivity index is 1.85. The lowest BCUT2D eigenvalue weighted by molar-refractivity contribution is 0.700. The van der Waals surface area contributed by atoms with Gasteiger partial charge in [-0.25, -0.2) is 4.98 Å². The molecule has 0 spiro atoms. The van der Waals surface area contributed by atoms with E-state index in [9.17, 15) is 4.79 Å². The van der Waals surface area contributed by atoms with Crippen LogP contribution in [0, 0.1) is 0 Å². The number of hydrogen-bond donors (Lipinski definition) is 2. The molecule has 5 nitrogen and oxygen atoms in total. The van der Waals surface area contributed by atoms with Crippen LogP contribution in [0.25, 0.3) is 10.2 Å². The largest absolute Gasteiger partial charge is 0.379 e. The van der Waals surface area contributed by atoms with Gasteiger partial charge in [-0.15, -0.1) is 11.3 Å². The van der Waals surface area contributed by atoms with Crippen LogP contribution in [0.2, 0.25) is 0 Å². The van der Waals surface area contributed by atoms with Crippen molar-refractivity contribution in [1.82, 2.24) is 9.97 Å². The van der Waals surface area contributed by atoms with Crippen molar-refractivity contribution >= 4 is 38.5 Å². The molecule has 118 valence electrons. The topological polar surface area (TPSA) is 84.1 Å². The Labute approximate surface area is 137 Å². The highest BCUT2D eigenvalue weighted by Crippen LogP contribution is 2.33. The SMILES string of the molecule is CCCN=C(N)SCc1nc2sc3c(c2c(=O)[nH]1)CCCC3. The summed E-state index contributed by atoms with van der Waals surface area (Å²) in [6.07, 6.45) is 5.44. The van der Waals surface area contributed by atoms with E-state index < -0.39 is 0 Å². The van der Waals surface area contributed by atoms with Crippen LogP contribution < -0.4 is 11.3 Å². The van der Waals surface area contributed by atoms with Crippen LogP contribution in [0.4, 0.5) is 0 Å². The standard InChI is InChI=1S/C15H20N4OS2/c1-2-7-17-15(16)21-8-11-18-13(20)12-9-5-3-4-6-10(9)22-14(12)19-11/h2-8H2,1H3,(H2,16,17)(H,18,19,20). The Morgan fingerprint density at radius 1 is 1.45 bits per heavy atom. The van der Waals surface area contributed by atoms with Gasteiger partial charge < -0.3 is 10.7 Å². The van der Waals surface area contributed by atoms with Crippen molar-refractivity contribution in [3.8, 4) is 0 Å². The van der Waals surface area contributed by atoms with Gasteiger partial charge in [-0.3, -0.25) is 9.79 Å². The number of nitrogens with two attached hydrogens (primary N) is 1. The zero-order chi connectivity index (χ0) is 15.5. The van der Waals surface area contributed by atoms with Crippen molar-refractivity contribution in [2.75, 3.05) is 6.54 Å². The molecule has 0 saturated carbocycles. The summed E-state index contributed by atoms with van der Waals surface area (Å²) in [6.45, 7) is 2.80. The molecule has 2 aromatic rings. The van der Waals surface area contributed by atoms with Crippen LogP contribution in [-0.4, -0.2) is 21.7 Å². The summed E-state index contributed by atoms with van der Waals surface area (Å²) in [4.78, 5) is 26.4. The summed E-state index contributed by atoms with van der Waals surface area (Å²) in [5.41, 5.74) is 7.05. The number of fused-ring (bicyclic) bond motifs is 3. The summed E-state index contributed by atoms with van der Waals surface area (Å²) >= 11 is 3.10. The number of nitrogens with zero attached hydrogens (tertiary/aromatic N) is 2. The van der Waals surface area contributed by atoms with Gasteiger partial charge in [-0.05, 0) is 37.7 Å². The van der Waals surface area contributed by atoms with Crippen LogP contribution in [0.3, 0.4) is 0 Å². The molecule has 1 aliphatic carbocycles. The molecule has 0 fully saturated rings. The number of amidine groups is 1. The number of aliphatic imine (C=N–C) groups is 1. The molecule has 0 amide bonds. The molecule has 0 radical (unpaired) electrons. The van der Waals surface area contributed by atoms with E-state index in [1.54, 1.807) is 11.3 Å². The molecule has 2 heterocycles. The minimum absolute atomic E-state index is 0.0101. The molecule has 22 heavy (non-hydrogen) atoms. The first kappa shape index (κ1) is 15.6. The van der Waals surface area contributed by atoms with E-state index in [0.29, 0.717) is 16.7 Å². The number of thiophene rings is 1. The molecular weight excluding hydrogens is 316 g/mol. The van der Waals surface area contributed by atoms with E-state index in [1.807, 2.05) is 0 Å². The monoisotopic (exact) mass is 336 g/mol. The highest BCUT2D eigenvalue weighted by molar-refractivity contribution is 8.13.